The fourth-order valence-electron chi connectivity index (χ4n) is 2.72. The summed E-state index contributed by atoms with van der Waals surface area (Å²) in [7, 11) is 0. The molecule has 2 aromatic carbocycles. The van der Waals surface area contributed by atoms with Crippen LogP contribution in [0.3, 0.4) is 0 Å². The van der Waals surface area contributed by atoms with Crippen LogP contribution in [0.2, 0.25) is 5.02 Å². The van der Waals surface area contributed by atoms with Gasteiger partial charge in [0.15, 0.2) is 0 Å². The number of nitrogens with zero attached hydrogens (tertiary/aromatic N) is 1. The first-order valence-corrected chi connectivity index (χ1v) is 7.07. The minimum atomic E-state index is -0.750. The van der Waals surface area contributed by atoms with Gasteiger partial charge in [-0.2, -0.15) is 0 Å². The molecule has 0 aliphatic heterocycles. The van der Waals surface area contributed by atoms with Gasteiger partial charge in [-0.3, -0.25) is 10.1 Å². The number of hydrogen-bond donors (Lipinski definition) is 1. The number of fused-ring (bicyclic) bond motifs is 1. The molecule has 112 valence electrons. The number of hydrogen-bond acceptors (Lipinski definition) is 2. The fourth-order valence-corrected chi connectivity index (χ4v) is 3.01. The second-order valence-corrected chi connectivity index (χ2v) is 5.40. The molecule has 6 heteroatoms. The van der Waals surface area contributed by atoms with Gasteiger partial charge >= 0.3 is 0 Å². The van der Waals surface area contributed by atoms with Crippen molar-refractivity contribution in [2.45, 2.75) is 5.92 Å². The summed E-state index contributed by atoms with van der Waals surface area (Å²) in [6.45, 7) is -0.428. The topological polar surface area (TPSA) is 58.9 Å². The fraction of sp³-hybridized carbons (Fsp3) is 0.125. The Kier molecular flexibility index (Phi) is 3.81. The SMILES string of the molecule is O=[N+]([O-])C[C@@H](c1c(F)cccc1Cl)c1c[nH]c2ccccc12. The zero-order valence-electron chi connectivity index (χ0n) is 11.4. The van der Waals surface area contributed by atoms with Crippen molar-refractivity contribution in [3.63, 3.8) is 0 Å². The molecule has 0 amide bonds. The Morgan fingerprint density at radius 3 is 2.73 bits per heavy atom. The van der Waals surface area contributed by atoms with Crippen molar-refractivity contribution >= 4 is 22.5 Å². The minimum Gasteiger partial charge on any atom is -0.361 e. The predicted molar refractivity (Wildman–Crippen MR) is 83.4 cm³/mol. The Balaban J connectivity index is 2.21. The summed E-state index contributed by atoms with van der Waals surface area (Å²) in [5, 5.41) is 12.1. The molecule has 3 aromatic rings. The lowest BCUT2D eigenvalue weighted by Gasteiger charge is -2.15. The van der Waals surface area contributed by atoms with E-state index in [0.717, 1.165) is 10.9 Å². The summed E-state index contributed by atoms with van der Waals surface area (Å²) >= 11 is 6.10. The molecule has 0 saturated carbocycles. The standard InChI is InChI=1S/C16H12ClFN2O2/c17-13-5-3-6-14(18)16(13)12(9-20(21)22)11-8-19-15-7-2-1-4-10(11)15/h1-8,12,19H,9H2/t12-/m1/s1. The average Bonchev–Trinajstić information content (AvgIpc) is 2.89. The van der Waals surface area contributed by atoms with E-state index in [2.05, 4.69) is 4.98 Å². The van der Waals surface area contributed by atoms with Gasteiger partial charge < -0.3 is 4.98 Å². The highest BCUT2D eigenvalue weighted by atomic mass is 35.5. The first-order chi connectivity index (χ1) is 10.6. The van der Waals surface area contributed by atoms with Gasteiger partial charge in [0.05, 0.1) is 5.92 Å². The van der Waals surface area contributed by atoms with Crippen LogP contribution in [0.15, 0.2) is 48.7 Å². The van der Waals surface area contributed by atoms with Crippen LogP contribution < -0.4 is 0 Å². The zero-order chi connectivity index (χ0) is 15.7. The molecule has 0 bridgehead atoms. The largest absolute Gasteiger partial charge is 0.361 e. The lowest BCUT2D eigenvalue weighted by atomic mass is 9.90. The van der Waals surface area contributed by atoms with Crippen LogP contribution in [0.1, 0.15) is 17.0 Å². The maximum Gasteiger partial charge on any atom is 0.214 e. The number of benzene rings is 2. The average molecular weight is 319 g/mol. The van der Waals surface area contributed by atoms with E-state index in [0.29, 0.717) is 5.56 Å². The maximum atomic E-state index is 14.2. The molecule has 0 aliphatic rings. The van der Waals surface area contributed by atoms with E-state index in [1.54, 1.807) is 12.3 Å². The number of rotatable bonds is 4. The Labute approximate surface area is 130 Å². The number of nitro groups is 1. The van der Waals surface area contributed by atoms with Gasteiger partial charge in [-0.25, -0.2) is 4.39 Å². The normalized spacial score (nSPS) is 12.5. The molecule has 0 saturated heterocycles. The molecule has 22 heavy (non-hydrogen) atoms. The Morgan fingerprint density at radius 1 is 1.23 bits per heavy atom. The van der Waals surface area contributed by atoms with Crippen LogP contribution in [0.5, 0.6) is 0 Å². The second-order valence-electron chi connectivity index (χ2n) is 4.99. The Bertz CT molecular complexity index is 827. The van der Waals surface area contributed by atoms with E-state index in [1.165, 1.54) is 12.1 Å². The summed E-state index contributed by atoms with van der Waals surface area (Å²) in [5.74, 6) is -1.29. The smallest absolute Gasteiger partial charge is 0.214 e. The van der Waals surface area contributed by atoms with Crippen molar-refractivity contribution in [1.29, 1.82) is 0 Å². The number of para-hydroxylation sites is 1. The van der Waals surface area contributed by atoms with E-state index in [1.807, 2.05) is 24.3 Å². The molecule has 1 aromatic heterocycles. The molecule has 4 nitrogen and oxygen atoms in total. The van der Waals surface area contributed by atoms with E-state index < -0.39 is 23.2 Å². The summed E-state index contributed by atoms with van der Waals surface area (Å²) in [4.78, 5) is 13.7. The number of aromatic nitrogens is 1. The van der Waals surface area contributed by atoms with E-state index in [9.17, 15) is 14.5 Å². The molecule has 0 fully saturated rings. The maximum absolute atomic E-state index is 14.2. The Hall–Kier alpha value is -2.40. The summed E-state index contributed by atoms with van der Waals surface area (Å²) in [6, 6.07) is 11.7. The lowest BCUT2D eigenvalue weighted by Crippen LogP contribution is -2.15. The third-order valence-corrected chi connectivity index (χ3v) is 4.01. The number of H-pyrrole nitrogens is 1. The molecular formula is C16H12ClFN2O2. The molecule has 1 N–H and O–H groups in total. The van der Waals surface area contributed by atoms with Crippen molar-refractivity contribution in [3.8, 4) is 0 Å². The zero-order valence-corrected chi connectivity index (χ0v) is 12.2. The van der Waals surface area contributed by atoms with Crippen molar-refractivity contribution in [1.82, 2.24) is 4.98 Å². The lowest BCUT2D eigenvalue weighted by molar-refractivity contribution is -0.481. The highest BCUT2D eigenvalue weighted by Crippen LogP contribution is 2.36. The number of nitrogens with one attached hydrogen (secondary N) is 1. The van der Waals surface area contributed by atoms with Crippen LogP contribution in [0.25, 0.3) is 10.9 Å². The van der Waals surface area contributed by atoms with Crippen LogP contribution in [-0.2, 0) is 0 Å². The molecule has 3 rings (SSSR count). The van der Waals surface area contributed by atoms with Crippen molar-refractivity contribution in [3.05, 3.63) is 80.7 Å². The van der Waals surface area contributed by atoms with Crippen molar-refractivity contribution in [2.24, 2.45) is 0 Å². The van der Waals surface area contributed by atoms with E-state index in [4.69, 9.17) is 11.6 Å². The molecule has 0 spiro atoms. The van der Waals surface area contributed by atoms with Crippen molar-refractivity contribution in [2.75, 3.05) is 6.54 Å². The third-order valence-electron chi connectivity index (χ3n) is 3.68. The summed E-state index contributed by atoms with van der Waals surface area (Å²) in [6.07, 6.45) is 1.68. The number of aromatic amines is 1. The Morgan fingerprint density at radius 2 is 2.00 bits per heavy atom. The van der Waals surface area contributed by atoms with Crippen LogP contribution >= 0.6 is 11.6 Å². The van der Waals surface area contributed by atoms with Crippen LogP contribution in [-0.4, -0.2) is 16.5 Å². The number of halogens is 2. The van der Waals surface area contributed by atoms with Crippen molar-refractivity contribution < 1.29 is 9.31 Å². The monoisotopic (exact) mass is 318 g/mol. The highest BCUT2D eigenvalue weighted by molar-refractivity contribution is 6.31. The van der Waals surface area contributed by atoms with Gasteiger partial charge in [-0.1, -0.05) is 35.9 Å². The van der Waals surface area contributed by atoms with Gasteiger partial charge in [0, 0.05) is 32.6 Å². The van der Waals surface area contributed by atoms with Gasteiger partial charge in [-0.15, -0.1) is 0 Å². The molecule has 1 atom stereocenters. The molecule has 1 heterocycles. The first kappa shape index (κ1) is 14.5. The molecule has 0 unspecified atom stereocenters. The molecule has 0 radical (unpaired) electrons. The van der Waals surface area contributed by atoms with E-state index in [-0.39, 0.29) is 10.6 Å². The predicted octanol–water partition coefficient (Wildman–Crippen LogP) is 4.37. The van der Waals surface area contributed by atoms with Gasteiger partial charge in [-0.05, 0) is 23.8 Å². The van der Waals surface area contributed by atoms with Crippen LogP contribution in [0.4, 0.5) is 4.39 Å². The molecule has 0 aliphatic carbocycles. The quantitative estimate of drug-likeness (QED) is 0.573. The minimum absolute atomic E-state index is 0.158. The third kappa shape index (κ3) is 2.55. The van der Waals surface area contributed by atoms with Gasteiger partial charge in [0.1, 0.15) is 5.82 Å². The van der Waals surface area contributed by atoms with Gasteiger partial charge in [0.25, 0.3) is 0 Å². The van der Waals surface area contributed by atoms with E-state index >= 15 is 0 Å². The second kappa shape index (κ2) is 5.77. The van der Waals surface area contributed by atoms with Crippen LogP contribution in [0, 0.1) is 15.9 Å². The van der Waals surface area contributed by atoms with Gasteiger partial charge in [0.2, 0.25) is 6.54 Å². The molecular weight excluding hydrogens is 307 g/mol. The first-order valence-electron chi connectivity index (χ1n) is 6.69. The summed E-state index contributed by atoms with van der Waals surface area (Å²) < 4.78 is 14.2. The summed E-state index contributed by atoms with van der Waals surface area (Å²) in [5.41, 5.74) is 1.67. The highest BCUT2D eigenvalue weighted by Gasteiger charge is 2.27.